The lowest BCUT2D eigenvalue weighted by Crippen LogP contribution is -2.03. The van der Waals surface area contributed by atoms with E-state index in [-0.39, 0.29) is 22.4 Å². The van der Waals surface area contributed by atoms with Gasteiger partial charge in [-0.15, -0.1) is 11.8 Å². The van der Waals surface area contributed by atoms with Crippen LogP contribution in [-0.4, -0.2) is 17.2 Å². The molecule has 0 aliphatic carbocycles. The zero-order valence-corrected chi connectivity index (χ0v) is 15.2. The van der Waals surface area contributed by atoms with Crippen LogP contribution in [0, 0.1) is 17.0 Å². The predicted octanol–water partition coefficient (Wildman–Crippen LogP) is 4.98. The highest BCUT2D eigenvalue weighted by atomic mass is 32.2. The third-order valence-corrected chi connectivity index (χ3v) is 5.21. The molecular formula is C19H18N2O4S. The fourth-order valence-corrected chi connectivity index (χ4v) is 3.96. The molecular weight excluding hydrogens is 352 g/mol. The van der Waals surface area contributed by atoms with Crippen LogP contribution in [0.4, 0.5) is 5.69 Å². The summed E-state index contributed by atoms with van der Waals surface area (Å²) in [5, 5.41) is 15.0. The molecule has 0 fully saturated rings. The second-order valence-corrected chi connectivity index (χ2v) is 6.94. The summed E-state index contributed by atoms with van der Waals surface area (Å²) >= 11 is 1.61. The molecule has 3 rings (SSSR count). The molecule has 1 aromatic heterocycles. The molecule has 1 atom stereocenters. The van der Waals surface area contributed by atoms with Crippen molar-refractivity contribution in [3.05, 3.63) is 81.7 Å². The van der Waals surface area contributed by atoms with Crippen LogP contribution < -0.4 is 4.74 Å². The molecule has 0 bridgehead atoms. The summed E-state index contributed by atoms with van der Waals surface area (Å²) in [4.78, 5) is 12.0. The van der Waals surface area contributed by atoms with Crippen LogP contribution in [0.25, 0.3) is 0 Å². The molecule has 0 aliphatic rings. The third kappa shape index (κ3) is 3.88. The van der Waals surface area contributed by atoms with Gasteiger partial charge < -0.3 is 9.26 Å². The quantitative estimate of drug-likeness (QED) is 0.332. The van der Waals surface area contributed by atoms with Crippen molar-refractivity contribution in [1.82, 2.24) is 5.16 Å². The summed E-state index contributed by atoms with van der Waals surface area (Å²) in [6, 6.07) is 17.6. The number of para-hydroxylation sites is 1. The van der Waals surface area contributed by atoms with Gasteiger partial charge in [0.2, 0.25) is 5.76 Å². The van der Waals surface area contributed by atoms with E-state index in [9.17, 15) is 10.1 Å². The number of rotatable bonds is 7. The Morgan fingerprint density at radius 1 is 1.19 bits per heavy atom. The number of hydrogen-bond acceptors (Lipinski definition) is 6. The Kier molecular flexibility index (Phi) is 5.58. The Morgan fingerprint density at radius 2 is 1.88 bits per heavy atom. The van der Waals surface area contributed by atoms with Gasteiger partial charge in [0.1, 0.15) is 5.75 Å². The lowest BCUT2D eigenvalue weighted by Gasteiger charge is -2.18. The van der Waals surface area contributed by atoms with Crippen molar-refractivity contribution in [3.63, 3.8) is 0 Å². The maximum Gasteiger partial charge on any atom is 0.334 e. The van der Waals surface area contributed by atoms with Crippen LogP contribution in [0.1, 0.15) is 22.3 Å². The Morgan fingerprint density at radius 3 is 2.58 bits per heavy atom. The predicted molar refractivity (Wildman–Crippen MR) is 99.6 cm³/mol. The average Bonchev–Trinajstić information content (AvgIpc) is 3.02. The summed E-state index contributed by atoms with van der Waals surface area (Å²) in [6.07, 6.45) is 0.330. The molecule has 1 heterocycles. The first kappa shape index (κ1) is 18.0. The number of aryl methyl sites for hydroxylation is 1. The lowest BCUT2D eigenvalue weighted by molar-refractivity contribution is -0.386. The first-order chi connectivity index (χ1) is 12.6. The van der Waals surface area contributed by atoms with Crippen molar-refractivity contribution < 1.29 is 14.2 Å². The van der Waals surface area contributed by atoms with Gasteiger partial charge in [-0.1, -0.05) is 41.6 Å². The second-order valence-electron chi connectivity index (χ2n) is 5.66. The fraction of sp³-hybridized carbons (Fsp3) is 0.211. The summed E-state index contributed by atoms with van der Waals surface area (Å²) in [6.45, 7) is 1.58. The Balaban J connectivity index is 1.99. The van der Waals surface area contributed by atoms with Crippen LogP contribution >= 0.6 is 11.8 Å². The van der Waals surface area contributed by atoms with E-state index >= 15 is 0 Å². The first-order valence-electron chi connectivity index (χ1n) is 8.04. The van der Waals surface area contributed by atoms with Crippen molar-refractivity contribution in [2.45, 2.75) is 23.5 Å². The molecule has 0 amide bonds. The Bertz CT molecular complexity index is 896. The number of methoxy groups -OCH3 is 1. The van der Waals surface area contributed by atoms with E-state index in [0.29, 0.717) is 6.42 Å². The fourth-order valence-electron chi connectivity index (χ4n) is 2.76. The zero-order valence-electron chi connectivity index (χ0n) is 14.4. The van der Waals surface area contributed by atoms with E-state index in [1.165, 1.54) is 0 Å². The van der Waals surface area contributed by atoms with Crippen LogP contribution in [0.2, 0.25) is 0 Å². The number of aromatic nitrogens is 1. The number of hydrogen-bond donors (Lipinski definition) is 0. The molecule has 26 heavy (non-hydrogen) atoms. The Labute approximate surface area is 155 Å². The smallest absolute Gasteiger partial charge is 0.334 e. The Hall–Kier alpha value is -2.80. The molecule has 0 spiro atoms. The van der Waals surface area contributed by atoms with E-state index in [4.69, 9.17) is 9.26 Å². The third-order valence-electron chi connectivity index (χ3n) is 3.96. The summed E-state index contributed by atoms with van der Waals surface area (Å²) in [5.41, 5.74) is 1.18. The van der Waals surface area contributed by atoms with E-state index < -0.39 is 4.92 Å². The van der Waals surface area contributed by atoms with Crippen LogP contribution in [0.3, 0.4) is 0 Å². The summed E-state index contributed by atoms with van der Waals surface area (Å²) in [7, 11) is 1.62. The van der Waals surface area contributed by atoms with Gasteiger partial charge >= 0.3 is 5.69 Å². The minimum Gasteiger partial charge on any atom is -0.496 e. The van der Waals surface area contributed by atoms with E-state index in [1.807, 2.05) is 54.6 Å². The molecule has 0 aliphatic heterocycles. The maximum absolute atomic E-state index is 11.4. The topological polar surface area (TPSA) is 78.4 Å². The van der Waals surface area contributed by atoms with Gasteiger partial charge in [-0.25, -0.2) is 0 Å². The lowest BCUT2D eigenvalue weighted by atomic mass is 10.1. The SMILES string of the molecule is COc1ccccc1[C@H](Cc1onc(C)c1[N+](=O)[O-])Sc1ccccc1. The van der Waals surface area contributed by atoms with Crippen LogP contribution in [-0.2, 0) is 6.42 Å². The monoisotopic (exact) mass is 370 g/mol. The van der Waals surface area contributed by atoms with E-state index in [2.05, 4.69) is 5.16 Å². The van der Waals surface area contributed by atoms with E-state index in [1.54, 1.807) is 25.8 Å². The van der Waals surface area contributed by atoms with Crippen molar-refractivity contribution in [3.8, 4) is 5.75 Å². The van der Waals surface area contributed by atoms with Gasteiger partial charge in [0, 0.05) is 22.1 Å². The second kappa shape index (κ2) is 8.05. The zero-order chi connectivity index (χ0) is 18.5. The van der Waals surface area contributed by atoms with Gasteiger partial charge in [-0.2, -0.15) is 0 Å². The molecule has 134 valence electrons. The van der Waals surface area contributed by atoms with Gasteiger partial charge in [0.15, 0.2) is 5.69 Å². The molecule has 0 radical (unpaired) electrons. The van der Waals surface area contributed by atoms with Gasteiger partial charge in [0.05, 0.1) is 12.0 Å². The number of benzene rings is 2. The highest BCUT2D eigenvalue weighted by molar-refractivity contribution is 7.99. The maximum atomic E-state index is 11.4. The molecule has 3 aromatic rings. The van der Waals surface area contributed by atoms with Crippen molar-refractivity contribution >= 4 is 17.4 Å². The standard InChI is InChI=1S/C19H18N2O4S/c1-13-19(21(22)23)17(25-20-13)12-18(26-14-8-4-3-5-9-14)15-10-6-7-11-16(15)24-2/h3-11,18H,12H2,1-2H3/t18-/m0/s1. The van der Waals surface area contributed by atoms with Gasteiger partial charge in [-0.05, 0) is 25.1 Å². The number of ether oxygens (including phenoxy) is 1. The van der Waals surface area contributed by atoms with Crippen molar-refractivity contribution in [2.24, 2.45) is 0 Å². The van der Waals surface area contributed by atoms with Crippen molar-refractivity contribution in [2.75, 3.05) is 7.11 Å². The van der Waals surface area contributed by atoms with Gasteiger partial charge in [-0.3, -0.25) is 10.1 Å². The summed E-state index contributed by atoms with van der Waals surface area (Å²) in [5.74, 6) is 1.01. The van der Waals surface area contributed by atoms with Crippen molar-refractivity contribution in [1.29, 1.82) is 0 Å². The first-order valence-corrected chi connectivity index (χ1v) is 8.92. The number of thioether (sulfide) groups is 1. The molecule has 0 saturated carbocycles. The normalized spacial score (nSPS) is 11.9. The molecule has 0 saturated heterocycles. The number of nitrogens with zero attached hydrogens (tertiary/aromatic N) is 2. The van der Waals surface area contributed by atoms with E-state index in [0.717, 1.165) is 16.2 Å². The van der Waals surface area contributed by atoms with Crippen LogP contribution in [0.5, 0.6) is 5.75 Å². The highest BCUT2D eigenvalue weighted by Crippen LogP contribution is 2.42. The van der Waals surface area contributed by atoms with Crippen LogP contribution in [0.15, 0.2) is 64.0 Å². The number of nitro groups is 1. The van der Waals surface area contributed by atoms with Gasteiger partial charge in [0.25, 0.3) is 0 Å². The minimum absolute atomic E-state index is 0.0569. The molecule has 7 heteroatoms. The molecule has 2 aromatic carbocycles. The minimum atomic E-state index is -0.437. The molecule has 0 unspecified atom stereocenters. The molecule has 0 N–H and O–H groups in total. The highest BCUT2D eigenvalue weighted by Gasteiger charge is 2.29. The molecule has 6 nitrogen and oxygen atoms in total. The summed E-state index contributed by atoms with van der Waals surface area (Å²) < 4.78 is 10.8. The average molecular weight is 370 g/mol. The largest absolute Gasteiger partial charge is 0.496 e.